The quantitative estimate of drug-likeness (QED) is 0.303. The van der Waals surface area contributed by atoms with E-state index in [4.69, 9.17) is 4.74 Å². The average Bonchev–Trinajstić information content (AvgIpc) is 3.17. The standard InChI is InChI=1S/C24H21N3O2S/c1-17-25-26-24(27(17)20-15-9-10-16-21(20)29-2)30-23(19-13-7-4-8-14-19)22(28)18-11-5-3-6-12-18/h3-16,23H,1-2H3/t23-/m0/s1. The van der Waals surface area contributed by atoms with Crippen molar-refractivity contribution >= 4 is 17.5 Å². The Morgan fingerprint density at radius 1 is 0.900 bits per heavy atom. The second kappa shape index (κ2) is 8.97. The number of ether oxygens (including phenoxy) is 1. The third-order valence-corrected chi connectivity index (χ3v) is 5.94. The normalized spacial score (nSPS) is 11.8. The Labute approximate surface area is 179 Å². The van der Waals surface area contributed by atoms with E-state index in [-0.39, 0.29) is 5.78 Å². The molecule has 0 aliphatic rings. The lowest BCUT2D eigenvalue weighted by atomic mass is 10.0. The van der Waals surface area contributed by atoms with Crippen molar-refractivity contribution < 1.29 is 9.53 Å². The van der Waals surface area contributed by atoms with Gasteiger partial charge in [0.05, 0.1) is 12.8 Å². The number of para-hydroxylation sites is 2. The van der Waals surface area contributed by atoms with Crippen LogP contribution >= 0.6 is 11.8 Å². The molecule has 3 aromatic carbocycles. The van der Waals surface area contributed by atoms with Gasteiger partial charge in [-0.15, -0.1) is 10.2 Å². The summed E-state index contributed by atoms with van der Waals surface area (Å²) in [4.78, 5) is 13.4. The van der Waals surface area contributed by atoms with Gasteiger partial charge in [-0.3, -0.25) is 9.36 Å². The Morgan fingerprint density at radius 3 is 2.23 bits per heavy atom. The van der Waals surface area contributed by atoms with Crippen molar-refractivity contribution in [2.75, 3.05) is 7.11 Å². The number of methoxy groups -OCH3 is 1. The highest BCUT2D eigenvalue weighted by atomic mass is 32.2. The molecule has 0 saturated heterocycles. The number of carbonyl (C=O) groups is 1. The van der Waals surface area contributed by atoms with Crippen LogP contribution in [-0.2, 0) is 0 Å². The molecule has 30 heavy (non-hydrogen) atoms. The van der Waals surface area contributed by atoms with E-state index in [1.54, 1.807) is 7.11 Å². The monoisotopic (exact) mass is 415 g/mol. The first-order valence-electron chi connectivity index (χ1n) is 9.55. The molecule has 0 N–H and O–H groups in total. The molecule has 0 fully saturated rings. The molecule has 0 aliphatic heterocycles. The Bertz CT molecular complexity index is 1140. The van der Waals surface area contributed by atoms with Gasteiger partial charge in [-0.25, -0.2) is 0 Å². The van der Waals surface area contributed by atoms with E-state index in [9.17, 15) is 4.79 Å². The fraction of sp³-hybridized carbons (Fsp3) is 0.125. The fourth-order valence-electron chi connectivity index (χ4n) is 3.27. The van der Waals surface area contributed by atoms with E-state index in [0.29, 0.717) is 16.5 Å². The highest BCUT2D eigenvalue weighted by Crippen LogP contribution is 2.39. The van der Waals surface area contributed by atoms with Crippen molar-refractivity contribution in [1.29, 1.82) is 0 Å². The van der Waals surface area contributed by atoms with Crippen LogP contribution in [0.3, 0.4) is 0 Å². The summed E-state index contributed by atoms with van der Waals surface area (Å²) in [6.45, 7) is 1.89. The molecule has 1 atom stereocenters. The zero-order valence-corrected chi connectivity index (χ0v) is 17.5. The van der Waals surface area contributed by atoms with E-state index in [2.05, 4.69) is 10.2 Å². The number of aryl methyl sites for hydroxylation is 1. The highest BCUT2D eigenvalue weighted by Gasteiger charge is 2.27. The molecule has 150 valence electrons. The maximum atomic E-state index is 13.4. The highest BCUT2D eigenvalue weighted by molar-refractivity contribution is 8.00. The van der Waals surface area contributed by atoms with Gasteiger partial charge in [0, 0.05) is 5.56 Å². The average molecular weight is 416 g/mol. The van der Waals surface area contributed by atoms with E-state index in [1.165, 1.54) is 11.8 Å². The van der Waals surface area contributed by atoms with Crippen molar-refractivity contribution in [2.24, 2.45) is 0 Å². The van der Waals surface area contributed by atoms with Gasteiger partial charge >= 0.3 is 0 Å². The fourth-order valence-corrected chi connectivity index (χ4v) is 4.44. The number of hydrogen-bond acceptors (Lipinski definition) is 5. The Morgan fingerprint density at radius 2 is 1.53 bits per heavy atom. The summed E-state index contributed by atoms with van der Waals surface area (Å²) >= 11 is 1.39. The summed E-state index contributed by atoms with van der Waals surface area (Å²) < 4.78 is 7.46. The molecule has 0 spiro atoms. The summed E-state index contributed by atoms with van der Waals surface area (Å²) in [5.41, 5.74) is 2.42. The van der Waals surface area contributed by atoms with Gasteiger partial charge in [0.1, 0.15) is 16.8 Å². The van der Waals surface area contributed by atoms with Crippen LogP contribution in [0.15, 0.2) is 90.1 Å². The third kappa shape index (κ3) is 4.00. The SMILES string of the molecule is COc1ccccc1-n1c(C)nnc1S[C@H](C(=O)c1ccccc1)c1ccccc1. The van der Waals surface area contributed by atoms with Crippen LogP contribution in [0, 0.1) is 6.92 Å². The van der Waals surface area contributed by atoms with E-state index < -0.39 is 5.25 Å². The van der Waals surface area contributed by atoms with Gasteiger partial charge in [0.15, 0.2) is 10.9 Å². The number of aromatic nitrogens is 3. The van der Waals surface area contributed by atoms with E-state index in [0.717, 1.165) is 17.1 Å². The zero-order valence-electron chi connectivity index (χ0n) is 16.7. The van der Waals surface area contributed by atoms with Crippen LogP contribution in [0.2, 0.25) is 0 Å². The summed E-state index contributed by atoms with van der Waals surface area (Å²) in [5, 5.41) is 8.83. The first-order valence-corrected chi connectivity index (χ1v) is 10.4. The number of thioether (sulfide) groups is 1. The van der Waals surface area contributed by atoms with Crippen molar-refractivity contribution in [2.45, 2.75) is 17.3 Å². The topological polar surface area (TPSA) is 57.0 Å². The van der Waals surface area contributed by atoms with Gasteiger partial charge < -0.3 is 4.74 Å². The van der Waals surface area contributed by atoms with Gasteiger partial charge in [-0.2, -0.15) is 0 Å². The molecular weight excluding hydrogens is 394 g/mol. The largest absolute Gasteiger partial charge is 0.495 e. The molecule has 1 heterocycles. The summed E-state index contributed by atoms with van der Waals surface area (Å²) in [5.74, 6) is 1.47. The molecule has 5 nitrogen and oxygen atoms in total. The van der Waals surface area contributed by atoms with Crippen molar-refractivity contribution in [1.82, 2.24) is 14.8 Å². The summed E-state index contributed by atoms with van der Waals surface area (Å²) in [6.07, 6.45) is 0. The molecule has 0 aliphatic carbocycles. The molecule has 6 heteroatoms. The molecule has 0 saturated carbocycles. The lowest BCUT2D eigenvalue weighted by Crippen LogP contribution is -2.11. The molecule has 0 unspecified atom stereocenters. The number of Topliss-reactive ketones (excluding diaryl/α,β-unsaturated/α-hetero) is 1. The Balaban J connectivity index is 1.77. The second-order valence-electron chi connectivity index (χ2n) is 6.68. The van der Waals surface area contributed by atoms with Crippen LogP contribution < -0.4 is 4.74 Å². The minimum Gasteiger partial charge on any atom is -0.495 e. The predicted octanol–water partition coefficient (Wildman–Crippen LogP) is 5.30. The van der Waals surface area contributed by atoms with Crippen molar-refractivity contribution in [3.8, 4) is 11.4 Å². The molecule has 4 rings (SSSR count). The van der Waals surface area contributed by atoms with Gasteiger partial charge in [0.25, 0.3) is 0 Å². The molecule has 4 aromatic rings. The Kier molecular flexibility index (Phi) is 5.95. The number of carbonyl (C=O) groups excluding carboxylic acids is 1. The van der Waals surface area contributed by atoms with Crippen molar-refractivity contribution in [3.63, 3.8) is 0 Å². The molecular formula is C24H21N3O2S. The van der Waals surface area contributed by atoms with Crippen LogP contribution in [0.1, 0.15) is 27.0 Å². The number of nitrogens with zero attached hydrogens (tertiary/aromatic N) is 3. The smallest absolute Gasteiger partial charge is 0.197 e. The van der Waals surface area contributed by atoms with Crippen LogP contribution in [0.4, 0.5) is 0 Å². The maximum Gasteiger partial charge on any atom is 0.197 e. The van der Waals surface area contributed by atoms with Crippen LogP contribution in [0.25, 0.3) is 5.69 Å². The third-order valence-electron chi connectivity index (χ3n) is 4.74. The summed E-state index contributed by atoms with van der Waals surface area (Å²) in [6, 6.07) is 26.8. The van der Waals surface area contributed by atoms with Gasteiger partial charge in [-0.05, 0) is 24.6 Å². The van der Waals surface area contributed by atoms with Crippen LogP contribution in [-0.4, -0.2) is 27.7 Å². The second-order valence-corrected chi connectivity index (χ2v) is 7.75. The van der Waals surface area contributed by atoms with E-state index in [1.807, 2.05) is 96.4 Å². The number of hydrogen-bond donors (Lipinski definition) is 0. The Hall–Kier alpha value is -3.38. The number of rotatable bonds is 7. The first-order chi connectivity index (χ1) is 14.7. The molecule has 0 amide bonds. The minimum absolute atomic E-state index is 0.0269. The van der Waals surface area contributed by atoms with Crippen molar-refractivity contribution in [3.05, 3.63) is 102 Å². The number of ketones is 1. The molecule has 0 bridgehead atoms. The zero-order chi connectivity index (χ0) is 20.9. The maximum absolute atomic E-state index is 13.4. The molecule has 1 aromatic heterocycles. The number of benzene rings is 3. The summed E-state index contributed by atoms with van der Waals surface area (Å²) in [7, 11) is 1.64. The predicted molar refractivity (Wildman–Crippen MR) is 118 cm³/mol. The molecule has 0 radical (unpaired) electrons. The minimum atomic E-state index is -0.453. The first kappa shape index (κ1) is 19.9. The van der Waals surface area contributed by atoms with Gasteiger partial charge in [-0.1, -0.05) is 84.6 Å². The lowest BCUT2D eigenvalue weighted by Gasteiger charge is -2.17. The van der Waals surface area contributed by atoms with Gasteiger partial charge in [0.2, 0.25) is 0 Å². The van der Waals surface area contributed by atoms with Crippen LogP contribution in [0.5, 0.6) is 5.75 Å². The van der Waals surface area contributed by atoms with E-state index >= 15 is 0 Å². The lowest BCUT2D eigenvalue weighted by molar-refractivity contribution is 0.0989.